The van der Waals surface area contributed by atoms with Crippen molar-refractivity contribution in [2.75, 3.05) is 13.1 Å². The van der Waals surface area contributed by atoms with Crippen LogP contribution in [0.1, 0.15) is 66.6 Å². The molecule has 9 heteroatoms. The summed E-state index contributed by atoms with van der Waals surface area (Å²) in [7, 11) is 0. The smallest absolute Gasteiger partial charge is 0.271 e. The SMILES string of the molecule is CCN(CC)Cc1nc(C2(NC(=O)c3nc(-c4ccco4)sc3C)CCCC2)no1. The molecule has 1 fully saturated rings. The third-order valence-electron chi connectivity index (χ3n) is 5.70. The first-order chi connectivity index (χ1) is 14.5. The van der Waals surface area contributed by atoms with Crippen LogP contribution >= 0.6 is 11.3 Å². The molecule has 3 aromatic rings. The lowest BCUT2D eigenvalue weighted by Gasteiger charge is -2.26. The summed E-state index contributed by atoms with van der Waals surface area (Å²) in [4.78, 5) is 25.4. The van der Waals surface area contributed by atoms with Crippen molar-refractivity contribution in [3.63, 3.8) is 0 Å². The van der Waals surface area contributed by atoms with E-state index in [9.17, 15) is 4.79 Å². The second kappa shape index (κ2) is 8.69. The molecule has 3 aromatic heterocycles. The molecular formula is C21H27N5O3S. The van der Waals surface area contributed by atoms with Gasteiger partial charge in [-0.25, -0.2) is 4.98 Å². The molecule has 3 heterocycles. The molecule has 1 saturated carbocycles. The number of aromatic nitrogens is 3. The van der Waals surface area contributed by atoms with Gasteiger partial charge in [0.25, 0.3) is 5.91 Å². The molecule has 0 unspecified atom stereocenters. The largest absolute Gasteiger partial charge is 0.462 e. The molecule has 30 heavy (non-hydrogen) atoms. The van der Waals surface area contributed by atoms with Crippen molar-refractivity contribution in [3.8, 4) is 10.8 Å². The lowest BCUT2D eigenvalue weighted by Crippen LogP contribution is -2.45. The lowest BCUT2D eigenvalue weighted by atomic mass is 9.96. The predicted octanol–water partition coefficient (Wildman–Crippen LogP) is 4.14. The predicted molar refractivity (Wildman–Crippen MR) is 113 cm³/mol. The van der Waals surface area contributed by atoms with Crippen molar-refractivity contribution in [2.24, 2.45) is 0 Å². The van der Waals surface area contributed by atoms with Crippen molar-refractivity contribution < 1.29 is 13.7 Å². The summed E-state index contributed by atoms with van der Waals surface area (Å²) in [5.74, 6) is 1.60. The number of carbonyl (C=O) groups is 1. The molecule has 1 aliphatic rings. The van der Waals surface area contributed by atoms with Crippen LogP contribution in [0.5, 0.6) is 0 Å². The minimum Gasteiger partial charge on any atom is -0.462 e. The number of hydrogen-bond donors (Lipinski definition) is 1. The van der Waals surface area contributed by atoms with E-state index in [1.165, 1.54) is 11.3 Å². The molecule has 8 nitrogen and oxygen atoms in total. The Morgan fingerprint density at radius 3 is 2.70 bits per heavy atom. The Morgan fingerprint density at radius 2 is 2.03 bits per heavy atom. The molecular weight excluding hydrogens is 402 g/mol. The fraction of sp³-hybridized carbons (Fsp3) is 0.524. The first-order valence-electron chi connectivity index (χ1n) is 10.4. The highest BCUT2D eigenvalue weighted by molar-refractivity contribution is 7.15. The maximum absolute atomic E-state index is 13.2. The molecule has 0 bridgehead atoms. The number of nitrogens with one attached hydrogen (secondary N) is 1. The zero-order valence-electron chi connectivity index (χ0n) is 17.6. The summed E-state index contributed by atoms with van der Waals surface area (Å²) in [6, 6.07) is 3.65. The van der Waals surface area contributed by atoms with E-state index in [-0.39, 0.29) is 5.91 Å². The van der Waals surface area contributed by atoms with Gasteiger partial charge in [-0.2, -0.15) is 4.98 Å². The van der Waals surface area contributed by atoms with Gasteiger partial charge in [-0.05, 0) is 45.0 Å². The first kappa shape index (κ1) is 20.7. The van der Waals surface area contributed by atoms with Gasteiger partial charge in [-0.3, -0.25) is 9.69 Å². The number of thiazole rings is 1. The van der Waals surface area contributed by atoms with Crippen LogP contribution in [0.4, 0.5) is 0 Å². The first-order valence-corrected chi connectivity index (χ1v) is 11.3. The molecule has 160 valence electrons. The minimum atomic E-state index is -0.608. The number of furan rings is 1. The monoisotopic (exact) mass is 429 g/mol. The molecule has 0 atom stereocenters. The second-order valence-electron chi connectivity index (χ2n) is 7.62. The van der Waals surface area contributed by atoms with Crippen LogP contribution in [0, 0.1) is 6.92 Å². The van der Waals surface area contributed by atoms with Gasteiger partial charge in [0.15, 0.2) is 16.6 Å². The average molecular weight is 430 g/mol. The van der Waals surface area contributed by atoms with E-state index < -0.39 is 5.54 Å². The number of aryl methyl sites for hydroxylation is 1. The Morgan fingerprint density at radius 1 is 1.27 bits per heavy atom. The lowest BCUT2D eigenvalue weighted by molar-refractivity contribution is 0.0887. The summed E-state index contributed by atoms with van der Waals surface area (Å²) in [5, 5.41) is 8.14. The van der Waals surface area contributed by atoms with Crippen LogP contribution in [-0.2, 0) is 12.1 Å². The molecule has 0 saturated heterocycles. The molecule has 1 amide bonds. The Hall–Kier alpha value is -2.52. The van der Waals surface area contributed by atoms with Gasteiger partial charge in [-0.1, -0.05) is 31.8 Å². The molecule has 1 N–H and O–H groups in total. The highest BCUT2D eigenvalue weighted by atomic mass is 32.1. The van der Waals surface area contributed by atoms with Gasteiger partial charge in [0.2, 0.25) is 5.89 Å². The summed E-state index contributed by atoms with van der Waals surface area (Å²) in [6.07, 6.45) is 5.20. The fourth-order valence-electron chi connectivity index (χ4n) is 3.92. The van der Waals surface area contributed by atoms with Crippen molar-refractivity contribution >= 4 is 17.2 Å². The number of amides is 1. The van der Waals surface area contributed by atoms with Crippen molar-refractivity contribution in [3.05, 3.63) is 40.7 Å². The van der Waals surface area contributed by atoms with Crippen LogP contribution in [0.2, 0.25) is 0 Å². The number of carbonyl (C=O) groups excluding carboxylic acids is 1. The van der Waals surface area contributed by atoms with Gasteiger partial charge >= 0.3 is 0 Å². The summed E-state index contributed by atoms with van der Waals surface area (Å²) >= 11 is 1.45. The summed E-state index contributed by atoms with van der Waals surface area (Å²) < 4.78 is 10.9. The normalized spacial score (nSPS) is 15.7. The van der Waals surface area contributed by atoms with Crippen LogP contribution < -0.4 is 5.32 Å². The molecule has 0 spiro atoms. The zero-order chi connectivity index (χ0) is 21.1. The fourth-order valence-corrected chi connectivity index (χ4v) is 4.80. The number of hydrogen-bond acceptors (Lipinski definition) is 8. The number of rotatable bonds is 8. The molecule has 4 rings (SSSR count). The van der Waals surface area contributed by atoms with Gasteiger partial charge in [-0.15, -0.1) is 11.3 Å². The van der Waals surface area contributed by atoms with Crippen molar-refractivity contribution in [1.29, 1.82) is 0 Å². The Bertz CT molecular complexity index is 984. The Kier molecular flexibility index (Phi) is 6.01. The second-order valence-corrected chi connectivity index (χ2v) is 8.82. The zero-order valence-corrected chi connectivity index (χ0v) is 18.4. The molecule has 0 aromatic carbocycles. The Balaban J connectivity index is 1.55. The van der Waals surface area contributed by atoms with Gasteiger partial charge in [0.1, 0.15) is 11.2 Å². The molecule has 0 radical (unpaired) electrons. The third kappa shape index (κ3) is 4.04. The maximum atomic E-state index is 13.2. The quantitative estimate of drug-likeness (QED) is 0.575. The average Bonchev–Trinajstić information content (AvgIpc) is 3.52. The van der Waals surface area contributed by atoms with E-state index in [1.807, 2.05) is 19.1 Å². The highest BCUT2D eigenvalue weighted by Crippen LogP contribution is 2.38. The van der Waals surface area contributed by atoms with E-state index >= 15 is 0 Å². The van der Waals surface area contributed by atoms with Crippen molar-refractivity contribution in [1.82, 2.24) is 25.3 Å². The van der Waals surface area contributed by atoms with E-state index in [2.05, 4.69) is 39.2 Å². The van der Waals surface area contributed by atoms with E-state index in [0.29, 0.717) is 34.7 Å². The molecule has 1 aliphatic carbocycles. The number of nitrogens with zero attached hydrogens (tertiary/aromatic N) is 4. The van der Waals surface area contributed by atoms with Crippen LogP contribution in [-0.4, -0.2) is 39.0 Å². The van der Waals surface area contributed by atoms with E-state index in [0.717, 1.165) is 43.6 Å². The van der Waals surface area contributed by atoms with Crippen LogP contribution in [0.25, 0.3) is 10.8 Å². The maximum Gasteiger partial charge on any atom is 0.271 e. The van der Waals surface area contributed by atoms with Gasteiger partial charge in [0, 0.05) is 4.88 Å². The minimum absolute atomic E-state index is 0.210. The summed E-state index contributed by atoms with van der Waals surface area (Å²) in [5.41, 5.74) is -0.187. The topological polar surface area (TPSA) is 97.3 Å². The standard InChI is InChI=1S/C21H27N5O3S/c1-4-26(5-2)13-16-22-20(25-29-16)21(10-6-7-11-21)24-18(27)17-14(3)30-19(23-17)15-9-8-12-28-15/h8-9,12H,4-7,10-11,13H2,1-3H3,(H,24,27). The third-order valence-corrected chi connectivity index (χ3v) is 6.69. The van der Waals surface area contributed by atoms with Gasteiger partial charge in [0.05, 0.1) is 12.8 Å². The van der Waals surface area contributed by atoms with Crippen molar-refractivity contribution in [2.45, 2.75) is 58.5 Å². The molecule has 0 aliphatic heterocycles. The van der Waals surface area contributed by atoms with E-state index in [4.69, 9.17) is 8.94 Å². The van der Waals surface area contributed by atoms with Gasteiger partial charge < -0.3 is 14.3 Å². The van der Waals surface area contributed by atoms with E-state index in [1.54, 1.807) is 6.26 Å². The van der Waals surface area contributed by atoms with Crippen LogP contribution in [0.15, 0.2) is 27.3 Å². The summed E-state index contributed by atoms with van der Waals surface area (Å²) in [6.45, 7) is 8.55. The highest BCUT2D eigenvalue weighted by Gasteiger charge is 2.42. The Labute approximate surface area is 179 Å². The van der Waals surface area contributed by atoms with Crippen LogP contribution in [0.3, 0.4) is 0 Å².